The Balaban J connectivity index is 0.000000256. The van der Waals surface area contributed by atoms with Crippen LogP contribution in [0.5, 0.6) is 0 Å². The zero-order valence-electron chi connectivity index (χ0n) is 13.1. The van der Waals surface area contributed by atoms with Gasteiger partial charge in [0.1, 0.15) is 38.8 Å². The first kappa shape index (κ1) is 21.1. The topological polar surface area (TPSA) is 36.1 Å². The van der Waals surface area contributed by atoms with Crippen LogP contribution in [-0.4, -0.2) is 37.0 Å². The second kappa shape index (κ2) is 6.75. The Morgan fingerprint density at radius 1 is 0.667 bits per heavy atom. The standard InChI is InChI=1S/C12H24BrN3P.F6P/c13-17(10-4-1-7-14-10,11-5-2-8-15-11)12-6-3-9-16-12;1-7(2,3,4,5)6/h10-12,14-16H,1-9H2;/q+1;-1. The summed E-state index contributed by atoms with van der Waals surface area (Å²) in [5.41, 5.74) is 0. The molecule has 24 heavy (non-hydrogen) atoms. The molecule has 3 nitrogen and oxygen atoms in total. The van der Waals surface area contributed by atoms with Gasteiger partial charge in [0, 0.05) is 0 Å². The van der Waals surface area contributed by atoms with Crippen molar-refractivity contribution in [1.82, 2.24) is 16.0 Å². The molecule has 0 aromatic heterocycles. The minimum atomic E-state index is -10.7. The first-order chi connectivity index (χ1) is 10.8. The molecule has 0 saturated carbocycles. The molecule has 3 saturated heterocycles. The van der Waals surface area contributed by atoms with Crippen LogP contribution in [0.1, 0.15) is 38.5 Å². The number of hydrogen-bond donors (Lipinski definition) is 3. The van der Waals surface area contributed by atoms with E-state index in [9.17, 15) is 25.2 Å². The van der Waals surface area contributed by atoms with Crippen LogP contribution in [0.3, 0.4) is 0 Å². The second-order valence-corrected chi connectivity index (χ2v) is 15.5. The summed E-state index contributed by atoms with van der Waals surface area (Å²) in [5, 5.41) is 11.3. The molecule has 3 heterocycles. The molecule has 0 aromatic carbocycles. The van der Waals surface area contributed by atoms with E-state index in [0.717, 1.165) is 17.3 Å². The summed E-state index contributed by atoms with van der Waals surface area (Å²) < 4.78 is 59.2. The Hall–Kier alpha value is 0.800. The van der Waals surface area contributed by atoms with Gasteiger partial charge in [0.25, 0.3) is 0 Å². The van der Waals surface area contributed by atoms with Crippen molar-refractivity contribution in [2.45, 2.75) is 55.9 Å². The molecule has 0 aliphatic carbocycles. The third-order valence-corrected chi connectivity index (χ3v) is 13.2. The quantitative estimate of drug-likeness (QED) is 0.362. The zero-order chi connectivity index (χ0) is 18.1. The maximum atomic E-state index is 9.87. The van der Waals surface area contributed by atoms with Gasteiger partial charge in [-0.3, -0.25) is 16.0 Å². The van der Waals surface area contributed by atoms with E-state index >= 15 is 0 Å². The zero-order valence-corrected chi connectivity index (χ0v) is 16.5. The SMILES string of the molecule is Br[P+](C1CCCN1)(C1CCCN1)C1CCCN1.F[P-](F)(F)(F)(F)F. The Bertz CT molecular complexity index is 378. The summed E-state index contributed by atoms with van der Waals surface area (Å²) in [6.07, 6.45) is 8.19. The number of hydrogen-bond acceptors (Lipinski definition) is 3. The molecule has 3 unspecified atom stereocenters. The van der Waals surface area contributed by atoms with Crippen molar-refractivity contribution in [2.24, 2.45) is 0 Å². The molecule has 0 bridgehead atoms. The van der Waals surface area contributed by atoms with Crippen LogP contribution in [0, 0.1) is 0 Å². The van der Waals surface area contributed by atoms with E-state index in [0.29, 0.717) is 0 Å². The molecule has 0 spiro atoms. The molecule has 12 heteroatoms. The normalized spacial score (nSPS) is 36.4. The van der Waals surface area contributed by atoms with Crippen molar-refractivity contribution in [3.8, 4) is 0 Å². The van der Waals surface area contributed by atoms with E-state index < -0.39 is 13.8 Å². The maximum absolute atomic E-state index is 10.7. The van der Waals surface area contributed by atoms with Crippen molar-refractivity contribution >= 4 is 29.3 Å². The number of halogens is 7. The summed E-state index contributed by atoms with van der Waals surface area (Å²) in [7, 11) is -10.7. The van der Waals surface area contributed by atoms with Gasteiger partial charge in [-0.25, -0.2) is 0 Å². The Kier molecular flexibility index (Phi) is 5.94. The molecule has 0 radical (unpaired) electrons. The molecular formula is C12H24BrF6N3P2. The van der Waals surface area contributed by atoms with E-state index in [1.807, 2.05) is 0 Å². The van der Waals surface area contributed by atoms with Crippen LogP contribution in [0.25, 0.3) is 0 Å². The van der Waals surface area contributed by atoms with Crippen LogP contribution in [0.4, 0.5) is 25.2 Å². The van der Waals surface area contributed by atoms with Crippen molar-refractivity contribution in [3.05, 3.63) is 0 Å². The van der Waals surface area contributed by atoms with Gasteiger partial charge in [-0.1, -0.05) is 0 Å². The second-order valence-electron chi connectivity index (χ2n) is 6.53. The monoisotopic (exact) mass is 465 g/mol. The molecule has 3 aliphatic heterocycles. The number of nitrogens with one attached hydrogen (secondary N) is 3. The molecule has 3 N–H and O–H groups in total. The van der Waals surface area contributed by atoms with E-state index in [1.54, 1.807) is 0 Å². The molecule has 3 atom stereocenters. The average molecular weight is 466 g/mol. The first-order valence-electron chi connectivity index (χ1n) is 8.11. The van der Waals surface area contributed by atoms with Gasteiger partial charge in [-0.15, -0.1) is 0 Å². The summed E-state index contributed by atoms with van der Waals surface area (Å²) in [5.74, 6) is 1.10. The average Bonchev–Trinajstić information content (AvgIpc) is 3.16. The summed E-state index contributed by atoms with van der Waals surface area (Å²) >= 11 is 4.29. The predicted molar refractivity (Wildman–Crippen MR) is 92.5 cm³/mol. The van der Waals surface area contributed by atoms with Crippen LogP contribution in [-0.2, 0) is 0 Å². The molecule has 3 rings (SSSR count). The third kappa shape index (κ3) is 6.84. The molecule has 0 aromatic rings. The molecule has 0 amide bonds. The molecule has 146 valence electrons. The fourth-order valence-corrected chi connectivity index (χ4v) is 11.1. The van der Waals surface area contributed by atoms with Gasteiger partial charge in [0.15, 0.2) is 0 Å². The Morgan fingerprint density at radius 2 is 0.917 bits per heavy atom. The van der Waals surface area contributed by atoms with Gasteiger partial charge in [0.2, 0.25) is 0 Å². The van der Waals surface area contributed by atoms with Gasteiger partial charge < -0.3 is 0 Å². The van der Waals surface area contributed by atoms with E-state index in [4.69, 9.17) is 0 Å². The van der Waals surface area contributed by atoms with Gasteiger partial charge in [0.05, 0.1) is 0 Å². The van der Waals surface area contributed by atoms with E-state index in [1.165, 1.54) is 58.2 Å². The van der Waals surface area contributed by atoms with Crippen molar-refractivity contribution < 1.29 is 25.2 Å². The molecule has 3 aliphatic rings. The molecule has 3 fully saturated rings. The summed E-state index contributed by atoms with van der Waals surface area (Å²) in [6, 6.07) is 0. The van der Waals surface area contributed by atoms with Gasteiger partial charge in [-0.05, 0) is 58.2 Å². The third-order valence-electron chi connectivity index (χ3n) is 4.54. The fourth-order valence-electron chi connectivity index (χ4n) is 3.66. The van der Waals surface area contributed by atoms with E-state index in [2.05, 4.69) is 31.4 Å². The van der Waals surface area contributed by atoms with Gasteiger partial charge in [-0.2, -0.15) is 0 Å². The number of rotatable bonds is 3. The summed E-state index contributed by atoms with van der Waals surface area (Å²) in [6.45, 7) is 3.66. The minimum absolute atomic E-state index is 0.744. The van der Waals surface area contributed by atoms with Crippen molar-refractivity contribution in [1.29, 1.82) is 0 Å². The van der Waals surface area contributed by atoms with Crippen LogP contribution in [0.15, 0.2) is 0 Å². The first-order valence-corrected chi connectivity index (χ1v) is 14.2. The fraction of sp³-hybridized carbons (Fsp3) is 1.00. The molecular weight excluding hydrogens is 442 g/mol. The van der Waals surface area contributed by atoms with Crippen molar-refractivity contribution in [3.63, 3.8) is 0 Å². The van der Waals surface area contributed by atoms with Crippen molar-refractivity contribution in [2.75, 3.05) is 19.6 Å². The van der Waals surface area contributed by atoms with Crippen LogP contribution >= 0.6 is 29.3 Å². The van der Waals surface area contributed by atoms with Crippen LogP contribution < -0.4 is 16.0 Å². The predicted octanol–water partition coefficient (Wildman–Crippen LogP) is 5.82. The summed E-state index contributed by atoms with van der Waals surface area (Å²) in [4.78, 5) is 0. The van der Waals surface area contributed by atoms with Crippen LogP contribution in [0.2, 0.25) is 0 Å². The van der Waals surface area contributed by atoms with Gasteiger partial charge >= 0.3 is 33.0 Å². The Labute approximate surface area is 146 Å². The van der Waals surface area contributed by atoms with E-state index in [-0.39, 0.29) is 0 Å². The Morgan fingerprint density at radius 3 is 1.08 bits per heavy atom.